The first-order chi connectivity index (χ1) is 14.6. The molecule has 4 rings (SSSR count). The molecule has 1 N–H and O–H groups in total. The Morgan fingerprint density at radius 3 is 2.67 bits per heavy atom. The molecule has 2 heterocycles. The highest BCUT2D eigenvalue weighted by molar-refractivity contribution is 6.05. The van der Waals surface area contributed by atoms with Crippen molar-refractivity contribution in [2.24, 2.45) is 5.16 Å². The molecule has 1 amide bonds. The molecule has 7 heteroatoms. The molecule has 7 nitrogen and oxygen atoms in total. The molecular weight excluding hydrogens is 380 g/mol. The third-order valence-corrected chi connectivity index (χ3v) is 5.26. The number of nitrogens with one attached hydrogen (secondary N) is 1. The van der Waals surface area contributed by atoms with Crippen LogP contribution in [0.1, 0.15) is 28.9 Å². The van der Waals surface area contributed by atoms with Crippen LogP contribution in [-0.2, 0) is 16.2 Å². The van der Waals surface area contributed by atoms with Gasteiger partial charge in [0.15, 0.2) is 0 Å². The summed E-state index contributed by atoms with van der Waals surface area (Å²) in [5.74, 6) is 0.510. The van der Waals surface area contributed by atoms with Gasteiger partial charge >= 0.3 is 0 Å². The highest BCUT2D eigenvalue weighted by Gasteiger charge is 2.30. The van der Waals surface area contributed by atoms with Crippen molar-refractivity contribution in [3.63, 3.8) is 0 Å². The Morgan fingerprint density at radius 2 is 1.90 bits per heavy atom. The zero-order valence-electron chi connectivity index (χ0n) is 17.3. The van der Waals surface area contributed by atoms with E-state index in [1.54, 1.807) is 7.11 Å². The lowest BCUT2D eigenvalue weighted by atomic mass is 10.0. The fourth-order valence-electron chi connectivity index (χ4n) is 3.60. The van der Waals surface area contributed by atoms with E-state index in [0.29, 0.717) is 24.4 Å². The molecule has 1 aromatic heterocycles. The van der Waals surface area contributed by atoms with Gasteiger partial charge in [0.2, 0.25) is 6.10 Å². The van der Waals surface area contributed by atoms with E-state index in [2.05, 4.69) is 15.6 Å². The number of ether oxygens (including phenoxy) is 1. The van der Waals surface area contributed by atoms with Crippen LogP contribution in [0, 0.1) is 13.8 Å². The molecule has 1 aliphatic rings. The third-order valence-electron chi connectivity index (χ3n) is 5.26. The van der Waals surface area contributed by atoms with Crippen LogP contribution in [-0.4, -0.2) is 34.6 Å². The standard InChI is InChI=1S/C23H24N4O3/c1-15-19(16(2)27(25-15)17-9-5-4-6-10-17)14-24-23(28)22-13-20(26-30-22)18-11-7-8-12-21(18)29-3/h4-12,22H,13-14H2,1-3H3,(H,24,28). The molecule has 3 aromatic rings. The van der Waals surface area contributed by atoms with Crippen LogP contribution in [0.2, 0.25) is 0 Å². The third kappa shape index (κ3) is 3.78. The van der Waals surface area contributed by atoms with Crippen LogP contribution in [0.15, 0.2) is 59.8 Å². The Kier molecular flexibility index (Phi) is 5.52. The minimum Gasteiger partial charge on any atom is -0.496 e. The summed E-state index contributed by atoms with van der Waals surface area (Å²) in [6, 6.07) is 17.5. The Hall–Kier alpha value is -3.61. The molecule has 0 saturated heterocycles. The van der Waals surface area contributed by atoms with Gasteiger partial charge in [-0.1, -0.05) is 35.5 Å². The maximum atomic E-state index is 12.7. The SMILES string of the molecule is COc1ccccc1C1=NOC(C(=O)NCc2c(C)nn(-c3ccccc3)c2C)C1. The first-order valence-electron chi connectivity index (χ1n) is 9.82. The van der Waals surface area contributed by atoms with Gasteiger partial charge in [-0.3, -0.25) is 4.79 Å². The van der Waals surface area contributed by atoms with Gasteiger partial charge in [0.1, 0.15) is 5.75 Å². The number of para-hydroxylation sites is 2. The molecule has 0 saturated carbocycles. The zero-order valence-corrected chi connectivity index (χ0v) is 17.3. The number of hydrogen-bond donors (Lipinski definition) is 1. The van der Waals surface area contributed by atoms with Crippen molar-refractivity contribution in [3.05, 3.63) is 77.1 Å². The van der Waals surface area contributed by atoms with E-state index in [1.807, 2.05) is 73.1 Å². The summed E-state index contributed by atoms with van der Waals surface area (Å²) < 4.78 is 7.27. The molecule has 0 fully saturated rings. The van der Waals surface area contributed by atoms with Crippen molar-refractivity contribution in [2.75, 3.05) is 7.11 Å². The summed E-state index contributed by atoms with van der Waals surface area (Å²) in [6.45, 7) is 4.33. The number of amides is 1. The second-order valence-electron chi connectivity index (χ2n) is 7.15. The average Bonchev–Trinajstić information content (AvgIpc) is 3.38. The molecular formula is C23H24N4O3. The lowest BCUT2D eigenvalue weighted by Crippen LogP contribution is -2.34. The Bertz CT molecular complexity index is 1090. The van der Waals surface area contributed by atoms with Crippen molar-refractivity contribution in [1.82, 2.24) is 15.1 Å². The number of carbonyl (C=O) groups is 1. The van der Waals surface area contributed by atoms with Crippen LogP contribution in [0.25, 0.3) is 5.69 Å². The monoisotopic (exact) mass is 404 g/mol. The molecule has 1 atom stereocenters. The van der Waals surface area contributed by atoms with Crippen LogP contribution in [0.3, 0.4) is 0 Å². The maximum absolute atomic E-state index is 12.7. The van der Waals surface area contributed by atoms with Crippen molar-refractivity contribution in [3.8, 4) is 11.4 Å². The number of methoxy groups -OCH3 is 1. The molecule has 0 radical (unpaired) electrons. The number of rotatable bonds is 6. The quantitative estimate of drug-likeness (QED) is 0.684. The molecule has 1 aliphatic heterocycles. The van der Waals surface area contributed by atoms with Gasteiger partial charge < -0.3 is 14.9 Å². The van der Waals surface area contributed by atoms with Crippen molar-refractivity contribution in [2.45, 2.75) is 32.9 Å². The van der Waals surface area contributed by atoms with Gasteiger partial charge in [-0.25, -0.2) is 4.68 Å². The average molecular weight is 404 g/mol. The van der Waals surface area contributed by atoms with Gasteiger partial charge in [-0.05, 0) is 38.1 Å². The predicted molar refractivity (Wildman–Crippen MR) is 114 cm³/mol. The highest BCUT2D eigenvalue weighted by atomic mass is 16.6. The summed E-state index contributed by atoms with van der Waals surface area (Å²) in [4.78, 5) is 18.1. The van der Waals surface area contributed by atoms with E-state index >= 15 is 0 Å². The second kappa shape index (κ2) is 8.41. The normalized spacial score (nSPS) is 15.4. The van der Waals surface area contributed by atoms with E-state index in [9.17, 15) is 4.79 Å². The van der Waals surface area contributed by atoms with Crippen molar-refractivity contribution < 1.29 is 14.4 Å². The molecule has 154 valence electrons. The second-order valence-corrected chi connectivity index (χ2v) is 7.15. The zero-order chi connectivity index (χ0) is 21.1. The predicted octanol–water partition coefficient (Wildman–Crippen LogP) is 3.31. The Morgan fingerprint density at radius 1 is 1.17 bits per heavy atom. The molecule has 2 aromatic carbocycles. The largest absolute Gasteiger partial charge is 0.496 e. The van der Waals surface area contributed by atoms with Crippen LogP contribution < -0.4 is 10.1 Å². The first kappa shape index (κ1) is 19.7. The van der Waals surface area contributed by atoms with Gasteiger partial charge in [-0.2, -0.15) is 5.10 Å². The fourth-order valence-corrected chi connectivity index (χ4v) is 3.60. The van der Waals surface area contributed by atoms with Gasteiger partial charge in [0.05, 0.1) is 24.2 Å². The molecule has 0 aliphatic carbocycles. The number of benzene rings is 2. The number of nitrogens with zero attached hydrogens (tertiary/aromatic N) is 3. The van der Waals surface area contributed by atoms with E-state index < -0.39 is 6.10 Å². The first-order valence-corrected chi connectivity index (χ1v) is 9.82. The summed E-state index contributed by atoms with van der Waals surface area (Å²) in [6.07, 6.45) is -0.261. The smallest absolute Gasteiger partial charge is 0.264 e. The Balaban J connectivity index is 1.41. The number of aryl methyl sites for hydroxylation is 1. The van der Waals surface area contributed by atoms with Gasteiger partial charge in [-0.15, -0.1) is 0 Å². The minimum absolute atomic E-state index is 0.199. The fraction of sp³-hybridized carbons (Fsp3) is 0.261. The van der Waals surface area contributed by atoms with Gasteiger partial charge in [0.25, 0.3) is 5.91 Å². The summed E-state index contributed by atoms with van der Waals surface area (Å²) >= 11 is 0. The van der Waals surface area contributed by atoms with Crippen molar-refractivity contribution >= 4 is 11.6 Å². The highest BCUT2D eigenvalue weighted by Crippen LogP contribution is 2.25. The lowest BCUT2D eigenvalue weighted by Gasteiger charge is -2.10. The number of carbonyl (C=O) groups excluding carboxylic acids is 1. The molecule has 30 heavy (non-hydrogen) atoms. The van der Waals surface area contributed by atoms with E-state index in [0.717, 1.165) is 28.2 Å². The molecule has 1 unspecified atom stereocenters. The lowest BCUT2D eigenvalue weighted by molar-refractivity contribution is -0.131. The topological polar surface area (TPSA) is 77.7 Å². The van der Waals surface area contributed by atoms with E-state index in [1.165, 1.54) is 0 Å². The van der Waals surface area contributed by atoms with Crippen LogP contribution in [0.5, 0.6) is 5.75 Å². The number of hydrogen-bond acceptors (Lipinski definition) is 5. The maximum Gasteiger partial charge on any atom is 0.264 e. The van der Waals surface area contributed by atoms with Gasteiger partial charge in [0, 0.05) is 29.8 Å². The number of oxime groups is 1. The van der Waals surface area contributed by atoms with Crippen LogP contribution in [0.4, 0.5) is 0 Å². The summed E-state index contributed by atoms with van der Waals surface area (Å²) in [5.41, 5.74) is 5.41. The summed E-state index contributed by atoms with van der Waals surface area (Å²) in [7, 11) is 1.61. The Labute approximate surface area is 175 Å². The van der Waals surface area contributed by atoms with Crippen LogP contribution >= 0.6 is 0 Å². The molecule has 0 bridgehead atoms. The molecule has 0 spiro atoms. The van der Waals surface area contributed by atoms with Crippen molar-refractivity contribution in [1.29, 1.82) is 0 Å². The summed E-state index contributed by atoms with van der Waals surface area (Å²) in [5, 5.41) is 11.7. The van der Waals surface area contributed by atoms with E-state index in [-0.39, 0.29) is 5.91 Å². The number of aromatic nitrogens is 2. The minimum atomic E-state index is -0.658. The van der Waals surface area contributed by atoms with E-state index in [4.69, 9.17) is 9.57 Å².